The predicted molar refractivity (Wildman–Crippen MR) is 81.0 cm³/mol. The number of amidine groups is 1. The molecule has 4 nitrogen and oxygen atoms in total. The lowest BCUT2D eigenvalue weighted by Gasteiger charge is -2.26. The van der Waals surface area contributed by atoms with Crippen LogP contribution in [0, 0.1) is 11.2 Å². The highest BCUT2D eigenvalue weighted by atomic mass is 19.1. The summed E-state index contributed by atoms with van der Waals surface area (Å²) in [5, 5.41) is 7.65. The van der Waals surface area contributed by atoms with Crippen molar-refractivity contribution in [3.8, 4) is 5.75 Å². The molecule has 1 heterocycles. The highest BCUT2D eigenvalue weighted by Crippen LogP contribution is 2.37. The predicted octanol–water partition coefficient (Wildman–Crippen LogP) is 3.03. The van der Waals surface area contributed by atoms with Gasteiger partial charge in [0.1, 0.15) is 17.4 Å². The largest absolute Gasteiger partial charge is 0.491 e. The molecule has 0 spiro atoms. The highest BCUT2D eigenvalue weighted by molar-refractivity contribution is 6.01. The Morgan fingerprint density at radius 2 is 1.90 bits per heavy atom. The van der Waals surface area contributed by atoms with E-state index < -0.39 is 5.82 Å². The molecule has 108 valence electrons. The maximum Gasteiger partial charge on any atom is 0.142 e. The van der Waals surface area contributed by atoms with E-state index >= 15 is 0 Å². The van der Waals surface area contributed by atoms with Crippen molar-refractivity contribution >= 4 is 17.2 Å². The summed E-state index contributed by atoms with van der Waals surface area (Å²) in [5.41, 5.74) is 7.16. The first-order valence-corrected chi connectivity index (χ1v) is 6.81. The van der Waals surface area contributed by atoms with Crippen molar-refractivity contribution < 1.29 is 9.13 Å². The summed E-state index contributed by atoms with van der Waals surface area (Å²) < 4.78 is 19.8. The number of rotatable bonds is 2. The van der Waals surface area contributed by atoms with Crippen LogP contribution >= 0.6 is 0 Å². The van der Waals surface area contributed by atoms with Crippen LogP contribution in [-0.4, -0.2) is 19.0 Å². The van der Waals surface area contributed by atoms with Gasteiger partial charge in [-0.1, -0.05) is 18.2 Å². The third kappa shape index (κ3) is 2.42. The van der Waals surface area contributed by atoms with E-state index in [1.165, 1.54) is 6.07 Å². The molecule has 0 saturated heterocycles. The van der Waals surface area contributed by atoms with Crippen LogP contribution in [0.2, 0.25) is 0 Å². The number of nitrogen functional groups attached to an aromatic ring is 1. The van der Waals surface area contributed by atoms with E-state index in [9.17, 15) is 4.39 Å². The van der Waals surface area contributed by atoms with Gasteiger partial charge in [0.15, 0.2) is 0 Å². The topological polar surface area (TPSA) is 62.3 Å². The maximum atomic E-state index is 14.1. The molecule has 0 saturated carbocycles. The SMILES string of the molecule is N=C(N)c1c(F)cccc1N1CCCOc2ccccc21. The fraction of sp³-hybridized carbons (Fsp3) is 0.188. The summed E-state index contributed by atoms with van der Waals surface area (Å²) in [6, 6.07) is 12.4. The van der Waals surface area contributed by atoms with E-state index in [0.717, 1.165) is 17.9 Å². The number of para-hydroxylation sites is 2. The van der Waals surface area contributed by atoms with E-state index in [1.54, 1.807) is 12.1 Å². The van der Waals surface area contributed by atoms with Gasteiger partial charge in [0, 0.05) is 6.54 Å². The highest BCUT2D eigenvalue weighted by Gasteiger charge is 2.22. The second-order valence-corrected chi connectivity index (χ2v) is 4.87. The lowest BCUT2D eigenvalue weighted by Crippen LogP contribution is -2.23. The number of fused-ring (bicyclic) bond motifs is 1. The lowest BCUT2D eigenvalue weighted by atomic mass is 10.1. The summed E-state index contributed by atoms with van der Waals surface area (Å²) >= 11 is 0. The Hall–Kier alpha value is -2.56. The number of nitrogens with one attached hydrogen (secondary N) is 1. The van der Waals surface area contributed by atoms with Crippen LogP contribution in [0.5, 0.6) is 5.75 Å². The molecule has 5 heteroatoms. The average molecular weight is 285 g/mol. The number of hydrogen-bond acceptors (Lipinski definition) is 3. The molecule has 0 fully saturated rings. The standard InChI is InChI=1S/C16H16FN3O/c17-11-5-3-7-13(15(11)16(18)19)20-9-4-10-21-14-8-2-1-6-12(14)20/h1-3,5-8H,4,9-10H2,(H3,18,19). The van der Waals surface area contributed by atoms with Crippen LogP contribution in [0.1, 0.15) is 12.0 Å². The molecule has 0 aromatic heterocycles. The van der Waals surface area contributed by atoms with E-state index in [0.29, 0.717) is 18.8 Å². The Morgan fingerprint density at radius 3 is 2.71 bits per heavy atom. The van der Waals surface area contributed by atoms with Gasteiger partial charge in [-0.3, -0.25) is 5.41 Å². The number of ether oxygens (including phenoxy) is 1. The molecule has 21 heavy (non-hydrogen) atoms. The number of nitrogens with two attached hydrogens (primary N) is 1. The van der Waals surface area contributed by atoms with Gasteiger partial charge in [0.05, 0.1) is 23.5 Å². The van der Waals surface area contributed by atoms with E-state index in [4.69, 9.17) is 15.9 Å². The first kappa shape index (κ1) is 13.4. The number of nitrogens with zero attached hydrogens (tertiary/aromatic N) is 1. The van der Waals surface area contributed by atoms with Crippen LogP contribution in [-0.2, 0) is 0 Å². The molecule has 3 rings (SSSR count). The third-order valence-corrected chi connectivity index (χ3v) is 3.49. The normalized spacial score (nSPS) is 14.0. The minimum atomic E-state index is -0.484. The van der Waals surface area contributed by atoms with Crippen molar-refractivity contribution in [2.24, 2.45) is 5.73 Å². The van der Waals surface area contributed by atoms with Crippen molar-refractivity contribution in [2.45, 2.75) is 6.42 Å². The van der Waals surface area contributed by atoms with Crippen molar-refractivity contribution in [2.75, 3.05) is 18.1 Å². The van der Waals surface area contributed by atoms with Crippen LogP contribution in [0.4, 0.5) is 15.8 Å². The lowest BCUT2D eigenvalue weighted by molar-refractivity contribution is 0.322. The number of benzene rings is 2. The van der Waals surface area contributed by atoms with Crippen molar-refractivity contribution in [1.29, 1.82) is 5.41 Å². The van der Waals surface area contributed by atoms with E-state index in [-0.39, 0.29) is 11.4 Å². The van der Waals surface area contributed by atoms with Gasteiger partial charge >= 0.3 is 0 Å². The van der Waals surface area contributed by atoms with Crippen molar-refractivity contribution in [3.05, 3.63) is 53.8 Å². The molecule has 0 aliphatic carbocycles. The molecule has 3 N–H and O–H groups in total. The molecular formula is C16H16FN3O. The molecule has 1 aliphatic heterocycles. The maximum absolute atomic E-state index is 14.1. The first-order chi connectivity index (χ1) is 10.2. The number of hydrogen-bond donors (Lipinski definition) is 2. The van der Waals surface area contributed by atoms with Crippen LogP contribution in [0.25, 0.3) is 0 Å². The van der Waals surface area contributed by atoms with Gasteiger partial charge in [-0.05, 0) is 30.7 Å². The van der Waals surface area contributed by atoms with Gasteiger partial charge in [-0.25, -0.2) is 4.39 Å². The summed E-state index contributed by atoms with van der Waals surface area (Å²) in [6.07, 6.45) is 0.808. The Balaban J connectivity index is 2.17. The van der Waals surface area contributed by atoms with Crippen LogP contribution in [0.15, 0.2) is 42.5 Å². The first-order valence-electron chi connectivity index (χ1n) is 6.81. The summed E-state index contributed by atoms with van der Waals surface area (Å²) in [4.78, 5) is 1.96. The number of anilines is 2. The van der Waals surface area contributed by atoms with Gasteiger partial charge in [-0.15, -0.1) is 0 Å². The number of halogens is 1. The second kappa shape index (κ2) is 5.44. The quantitative estimate of drug-likeness (QED) is 0.658. The van der Waals surface area contributed by atoms with Crippen molar-refractivity contribution in [3.63, 3.8) is 0 Å². The molecule has 1 aliphatic rings. The molecule has 0 amide bonds. The smallest absolute Gasteiger partial charge is 0.142 e. The summed E-state index contributed by atoms with van der Waals surface area (Å²) in [6.45, 7) is 1.29. The van der Waals surface area contributed by atoms with Crippen molar-refractivity contribution in [1.82, 2.24) is 0 Å². The van der Waals surface area contributed by atoms with Crippen LogP contribution in [0.3, 0.4) is 0 Å². The fourth-order valence-electron chi connectivity index (χ4n) is 2.58. The Morgan fingerprint density at radius 1 is 1.14 bits per heavy atom. The monoisotopic (exact) mass is 285 g/mol. The molecule has 0 bridgehead atoms. The zero-order valence-corrected chi connectivity index (χ0v) is 11.5. The van der Waals surface area contributed by atoms with Gasteiger partial charge < -0.3 is 15.4 Å². The second-order valence-electron chi connectivity index (χ2n) is 4.87. The summed E-state index contributed by atoms with van der Waals surface area (Å²) in [7, 11) is 0. The zero-order chi connectivity index (χ0) is 14.8. The molecule has 2 aromatic carbocycles. The van der Waals surface area contributed by atoms with Gasteiger partial charge in [0.25, 0.3) is 0 Å². The Bertz CT molecular complexity index is 687. The molecule has 2 aromatic rings. The zero-order valence-electron chi connectivity index (χ0n) is 11.5. The molecular weight excluding hydrogens is 269 g/mol. The Labute approximate surface area is 122 Å². The molecule has 0 atom stereocenters. The minimum Gasteiger partial charge on any atom is -0.491 e. The van der Waals surface area contributed by atoms with E-state index in [2.05, 4.69) is 0 Å². The fourth-order valence-corrected chi connectivity index (χ4v) is 2.58. The molecule has 0 radical (unpaired) electrons. The van der Waals surface area contributed by atoms with E-state index in [1.807, 2.05) is 29.2 Å². The average Bonchev–Trinajstić information content (AvgIpc) is 2.68. The molecule has 0 unspecified atom stereocenters. The van der Waals surface area contributed by atoms with Gasteiger partial charge in [-0.2, -0.15) is 0 Å². The Kier molecular flexibility index (Phi) is 3.48. The van der Waals surface area contributed by atoms with Gasteiger partial charge in [0.2, 0.25) is 0 Å². The minimum absolute atomic E-state index is 0.134. The summed E-state index contributed by atoms with van der Waals surface area (Å²) in [5.74, 6) is 0.00200. The van der Waals surface area contributed by atoms with Crippen LogP contribution < -0.4 is 15.4 Å². The third-order valence-electron chi connectivity index (χ3n) is 3.49.